The molecule has 1 heterocycles. The third-order valence-electron chi connectivity index (χ3n) is 3.88. The summed E-state index contributed by atoms with van der Waals surface area (Å²) in [7, 11) is 0. The number of hydrogen-bond acceptors (Lipinski definition) is 5. The summed E-state index contributed by atoms with van der Waals surface area (Å²) in [6.45, 7) is 1.42. The van der Waals surface area contributed by atoms with E-state index in [-0.39, 0.29) is 6.04 Å². The molecule has 0 radical (unpaired) electrons. The van der Waals surface area contributed by atoms with E-state index in [2.05, 4.69) is 10.6 Å². The van der Waals surface area contributed by atoms with Crippen molar-refractivity contribution in [3.05, 3.63) is 53.4 Å². The third-order valence-corrected chi connectivity index (χ3v) is 4.98. The van der Waals surface area contributed by atoms with Crippen LogP contribution in [0.2, 0.25) is 0 Å². The van der Waals surface area contributed by atoms with Crippen LogP contribution in [0.4, 0.5) is 4.79 Å². The van der Waals surface area contributed by atoms with Gasteiger partial charge >= 0.3 is 12.0 Å². The van der Waals surface area contributed by atoms with Crippen molar-refractivity contribution in [2.75, 3.05) is 0 Å². The fourth-order valence-electron chi connectivity index (χ4n) is 2.28. The quantitative estimate of drug-likeness (QED) is 0.591. The Bertz CT molecular complexity index is 856. The van der Waals surface area contributed by atoms with Gasteiger partial charge < -0.3 is 10.1 Å². The zero-order chi connectivity index (χ0) is 19.2. The molecule has 1 atom stereocenters. The molecule has 0 bridgehead atoms. The second kappa shape index (κ2) is 8.64. The highest BCUT2D eigenvalue weighted by atomic mass is 32.1. The van der Waals surface area contributed by atoms with E-state index in [0.29, 0.717) is 0 Å². The van der Waals surface area contributed by atoms with E-state index in [0.717, 1.165) is 28.2 Å². The van der Waals surface area contributed by atoms with Crippen molar-refractivity contribution in [1.29, 1.82) is 0 Å². The normalized spacial score (nSPS) is 14.6. The lowest BCUT2D eigenvalue weighted by molar-refractivity contribution is -0.149. The summed E-state index contributed by atoms with van der Waals surface area (Å²) in [5.41, 5.74) is 1.11. The first-order valence-electron chi connectivity index (χ1n) is 8.66. The Kier molecular flexibility index (Phi) is 6.03. The molecule has 0 aliphatic heterocycles. The lowest BCUT2D eigenvalue weighted by Crippen LogP contribution is -2.45. The Balaban J connectivity index is 1.48. The minimum absolute atomic E-state index is 0.144. The van der Waals surface area contributed by atoms with E-state index < -0.39 is 24.0 Å². The van der Waals surface area contributed by atoms with Gasteiger partial charge in [-0.05, 0) is 43.5 Å². The number of hydrogen-bond donors (Lipinski definition) is 2. The molecule has 2 aromatic rings. The topological polar surface area (TPSA) is 84.5 Å². The molecule has 1 aromatic carbocycles. The highest BCUT2D eigenvalue weighted by Crippen LogP contribution is 2.28. The number of thiophene rings is 1. The van der Waals surface area contributed by atoms with Crippen molar-refractivity contribution < 1.29 is 19.1 Å². The van der Waals surface area contributed by atoms with Gasteiger partial charge in [0.15, 0.2) is 6.10 Å². The number of nitrogens with one attached hydrogen (secondary N) is 2. The van der Waals surface area contributed by atoms with Gasteiger partial charge in [0.05, 0.1) is 0 Å². The van der Waals surface area contributed by atoms with Crippen LogP contribution >= 0.6 is 11.3 Å². The Hall–Kier alpha value is -2.93. The first kappa shape index (κ1) is 18.8. The van der Waals surface area contributed by atoms with Crippen molar-refractivity contribution in [3.8, 4) is 10.4 Å². The number of imide groups is 1. The molecule has 1 fully saturated rings. The standard InChI is InChI=1S/C20H20N2O4S/c1-13(19(24)22-20(25)21-15-7-8-15)26-18(23)12-10-16-9-11-17(27-16)14-5-3-2-4-6-14/h2-6,9-13,15H,7-8H2,1H3,(H2,21,22,24,25)/b12-10+. The maximum absolute atomic E-state index is 11.9. The molecule has 6 nitrogen and oxygen atoms in total. The Morgan fingerprint density at radius 2 is 1.89 bits per heavy atom. The van der Waals surface area contributed by atoms with E-state index in [1.165, 1.54) is 13.0 Å². The van der Waals surface area contributed by atoms with Gasteiger partial charge in [-0.15, -0.1) is 11.3 Å². The van der Waals surface area contributed by atoms with Gasteiger partial charge in [0.25, 0.3) is 5.91 Å². The smallest absolute Gasteiger partial charge is 0.331 e. The predicted octanol–water partition coefficient (Wildman–Crippen LogP) is 3.35. The summed E-state index contributed by atoms with van der Waals surface area (Å²) < 4.78 is 5.03. The molecule has 7 heteroatoms. The maximum atomic E-state index is 11.9. The van der Waals surface area contributed by atoms with E-state index in [9.17, 15) is 14.4 Å². The summed E-state index contributed by atoms with van der Waals surface area (Å²) in [6.07, 6.45) is 3.70. The molecule has 27 heavy (non-hydrogen) atoms. The number of carbonyl (C=O) groups excluding carboxylic acids is 3. The average molecular weight is 384 g/mol. The molecular weight excluding hydrogens is 364 g/mol. The molecule has 1 aromatic heterocycles. The SMILES string of the molecule is CC(OC(=O)/C=C/c1ccc(-c2ccccc2)s1)C(=O)NC(=O)NC1CC1. The molecule has 1 aliphatic carbocycles. The van der Waals surface area contributed by atoms with Crippen LogP contribution in [0.3, 0.4) is 0 Å². The van der Waals surface area contributed by atoms with Gasteiger partial charge in [-0.3, -0.25) is 10.1 Å². The number of ether oxygens (including phenoxy) is 1. The Morgan fingerprint density at radius 3 is 2.59 bits per heavy atom. The Labute approximate surface area is 161 Å². The number of urea groups is 1. The van der Waals surface area contributed by atoms with Crippen LogP contribution in [0.1, 0.15) is 24.6 Å². The molecule has 1 aliphatic rings. The fourth-order valence-corrected chi connectivity index (χ4v) is 3.20. The molecule has 3 rings (SSSR count). The van der Waals surface area contributed by atoms with Crippen molar-refractivity contribution in [2.45, 2.75) is 31.9 Å². The summed E-state index contributed by atoms with van der Waals surface area (Å²) in [4.78, 5) is 37.3. The van der Waals surface area contributed by atoms with E-state index in [1.807, 2.05) is 42.5 Å². The predicted molar refractivity (Wildman–Crippen MR) is 104 cm³/mol. The van der Waals surface area contributed by atoms with Crippen molar-refractivity contribution in [3.63, 3.8) is 0 Å². The zero-order valence-corrected chi connectivity index (χ0v) is 15.6. The maximum Gasteiger partial charge on any atom is 0.331 e. The average Bonchev–Trinajstić information content (AvgIpc) is 3.33. The van der Waals surface area contributed by atoms with Gasteiger partial charge in [0, 0.05) is 21.9 Å². The molecule has 0 spiro atoms. The van der Waals surface area contributed by atoms with Gasteiger partial charge in [0.2, 0.25) is 0 Å². The van der Waals surface area contributed by atoms with Crippen LogP contribution in [-0.2, 0) is 14.3 Å². The van der Waals surface area contributed by atoms with E-state index in [1.54, 1.807) is 17.4 Å². The fraction of sp³-hybridized carbons (Fsp3) is 0.250. The number of rotatable bonds is 6. The van der Waals surface area contributed by atoms with Crippen LogP contribution in [0.25, 0.3) is 16.5 Å². The first-order chi connectivity index (χ1) is 13.0. The summed E-state index contributed by atoms with van der Waals surface area (Å²) >= 11 is 1.55. The molecule has 3 amide bonds. The summed E-state index contributed by atoms with van der Waals surface area (Å²) in [5.74, 6) is -1.30. The van der Waals surface area contributed by atoms with Crippen molar-refractivity contribution >= 4 is 35.3 Å². The van der Waals surface area contributed by atoms with Crippen molar-refractivity contribution in [1.82, 2.24) is 10.6 Å². The van der Waals surface area contributed by atoms with Crippen LogP contribution in [0, 0.1) is 0 Å². The number of benzene rings is 1. The van der Waals surface area contributed by atoms with Gasteiger partial charge in [-0.2, -0.15) is 0 Å². The van der Waals surface area contributed by atoms with Crippen molar-refractivity contribution in [2.24, 2.45) is 0 Å². The van der Waals surface area contributed by atoms with E-state index in [4.69, 9.17) is 4.74 Å². The number of amides is 3. The van der Waals surface area contributed by atoms with Crippen LogP contribution < -0.4 is 10.6 Å². The van der Waals surface area contributed by atoms with Gasteiger partial charge in [-0.1, -0.05) is 30.3 Å². The molecular formula is C20H20N2O4S. The second-order valence-corrected chi connectivity index (χ2v) is 7.33. The lowest BCUT2D eigenvalue weighted by Gasteiger charge is -2.11. The van der Waals surface area contributed by atoms with Crippen LogP contribution in [0.15, 0.2) is 48.5 Å². The minimum atomic E-state index is -1.06. The molecule has 1 saturated carbocycles. The largest absolute Gasteiger partial charge is 0.449 e. The first-order valence-corrected chi connectivity index (χ1v) is 9.48. The third kappa shape index (κ3) is 5.79. The molecule has 0 saturated heterocycles. The monoisotopic (exact) mass is 384 g/mol. The highest BCUT2D eigenvalue weighted by molar-refractivity contribution is 7.16. The van der Waals surface area contributed by atoms with Gasteiger partial charge in [0.1, 0.15) is 0 Å². The van der Waals surface area contributed by atoms with E-state index >= 15 is 0 Å². The van der Waals surface area contributed by atoms with Gasteiger partial charge in [-0.25, -0.2) is 9.59 Å². The molecule has 1 unspecified atom stereocenters. The number of esters is 1. The zero-order valence-electron chi connectivity index (χ0n) is 14.8. The molecule has 2 N–H and O–H groups in total. The minimum Gasteiger partial charge on any atom is -0.449 e. The Morgan fingerprint density at radius 1 is 1.15 bits per heavy atom. The highest BCUT2D eigenvalue weighted by Gasteiger charge is 2.25. The molecule has 140 valence electrons. The number of carbonyl (C=O) groups is 3. The second-order valence-electron chi connectivity index (χ2n) is 6.22. The summed E-state index contributed by atoms with van der Waals surface area (Å²) in [6, 6.07) is 13.4. The lowest BCUT2D eigenvalue weighted by atomic mass is 10.2. The van der Waals surface area contributed by atoms with Crippen LogP contribution in [-0.4, -0.2) is 30.1 Å². The van der Waals surface area contributed by atoms with Crippen LogP contribution in [0.5, 0.6) is 0 Å². The summed E-state index contributed by atoms with van der Waals surface area (Å²) in [5, 5.41) is 4.79.